The molecular formula is C34H72FNO3S. The first kappa shape index (κ1) is 41.9. The number of nitrogens with zero attached hydrogens (tertiary/aromatic N) is 1. The molecule has 0 saturated heterocycles. The van der Waals surface area contributed by atoms with Crippen molar-refractivity contribution >= 4 is 10.1 Å². The molecule has 0 rings (SSSR count). The fourth-order valence-corrected chi connectivity index (χ4v) is 6.43. The lowest BCUT2D eigenvalue weighted by Gasteiger charge is -2.34. The molecule has 0 spiro atoms. The lowest BCUT2D eigenvalue weighted by atomic mass is 10.0. The third-order valence-electron chi connectivity index (χ3n) is 9.19. The molecule has 0 aliphatic heterocycles. The van der Waals surface area contributed by atoms with Crippen LogP contribution in [0.3, 0.4) is 0 Å². The highest BCUT2D eigenvalue weighted by Gasteiger charge is 2.36. The minimum Gasteiger partial charge on any atom is -0.745 e. The summed E-state index contributed by atoms with van der Waals surface area (Å²) in [6, 6.07) is 0. The second-order valence-electron chi connectivity index (χ2n) is 12.2. The fraction of sp³-hybridized carbons (Fsp3) is 1.00. The number of halogens is 1. The molecule has 0 aromatic rings. The summed E-state index contributed by atoms with van der Waals surface area (Å²) < 4.78 is 50.8. The summed E-state index contributed by atoms with van der Waals surface area (Å²) in [5, 5.41) is -2.56. The van der Waals surface area contributed by atoms with Crippen molar-refractivity contribution in [3.63, 3.8) is 0 Å². The van der Waals surface area contributed by atoms with Gasteiger partial charge in [0, 0.05) is 0 Å². The monoisotopic (exact) mass is 594 g/mol. The van der Waals surface area contributed by atoms with Gasteiger partial charge in [0.1, 0.15) is 10.1 Å². The summed E-state index contributed by atoms with van der Waals surface area (Å²) in [6.45, 7) is 18.7. The van der Waals surface area contributed by atoms with Crippen molar-refractivity contribution in [3.05, 3.63) is 0 Å². The van der Waals surface area contributed by atoms with E-state index in [2.05, 4.69) is 41.5 Å². The van der Waals surface area contributed by atoms with Gasteiger partial charge in [-0.2, -0.15) is 0 Å². The first-order valence-electron chi connectivity index (χ1n) is 17.6. The number of rotatable bonds is 28. The maximum absolute atomic E-state index is 14.9. The summed E-state index contributed by atoms with van der Waals surface area (Å²) in [7, 11) is -4.90. The summed E-state index contributed by atoms with van der Waals surface area (Å²) in [5.74, 6) is 0. The molecule has 6 heteroatoms. The van der Waals surface area contributed by atoms with Crippen molar-refractivity contribution in [3.8, 4) is 0 Å². The van der Waals surface area contributed by atoms with E-state index in [4.69, 9.17) is 0 Å². The molecule has 244 valence electrons. The number of unbranched alkanes of at least 4 members (excludes halogenated alkanes) is 19. The molecule has 0 aromatic heterocycles. The van der Waals surface area contributed by atoms with Crippen LogP contribution in [0.2, 0.25) is 0 Å². The predicted octanol–water partition coefficient (Wildman–Crippen LogP) is 11.1. The Kier molecular flexibility index (Phi) is 29.0. The number of hydrogen-bond acceptors (Lipinski definition) is 3. The summed E-state index contributed by atoms with van der Waals surface area (Å²) in [5.41, 5.74) is 0. The summed E-state index contributed by atoms with van der Waals surface area (Å²) in [6.07, 6.45) is 23.2. The average Bonchev–Trinajstić information content (AvgIpc) is 2.94. The van der Waals surface area contributed by atoms with E-state index < -0.39 is 15.1 Å². The highest BCUT2D eigenvalue weighted by atomic mass is 32.2. The molecule has 0 radical (unpaired) electrons. The van der Waals surface area contributed by atoms with Gasteiger partial charge in [0.15, 0.2) is 5.00 Å². The van der Waals surface area contributed by atoms with Crippen molar-refractivity contribution < 1.29 is 21.8 Å². The van der Waals surface area contributed by atoms with E-state index in [0.717, 1.165) is 38.5 Å². The van der Waals surface area contributed by atoms with Crippen LogP contribution in [0.15, 0.2) is 0 Å². The molecule has 0 heterocycles. The molecule has 1 unspecified atom stereocenters. The van der Waals surface area contributed by atoms with Crippen LogP contribution in [0, 0.1) is 0 Å². The molecule has 0 aliphatic rings. The van der Waals surface area contributed by atoms with Crippen LogP contribution >= 0.6 is 0 Å². The van der Waals surface area contributed by atoms with Gasteiger partial charge in [-0.15, -0.1) is 0 Å². The Morgan fingerprint density at radius 2 is 0.700 bits per heavy atom. The van der Waals surface area contributed by atoms with E-state index in [1.165, 1.54) is 114 Å². The highest BCUT2D eigenvalue weighted by Crippen LogP contribution is 2.32. The van der Waals surface area contributed by atoms with E-state index >= 15 is 0 Å². The molecule has 40 heavy (non-hydrogen) atoms. The largest absolute Gasteiger partial charge is 0.745 e. The van der Waals surface area contributed by atoms with Crippen LogP contribution in [-0.4, -0.2) is 48.6 Å². The van der Waals surface area contributed by atoms with Crippen LogP contribution in [0.4, 0.5) is 4.39 Å². The Labute approximate surface area is 252 Å². The molecule has 0 saturated carbocycles. The Hall–Kier alpha value is -0.200. The van der Waals surface area contributed by atoms with Crippen LogP contribution < -0.4 is 0 Å². The van der Waals surface area contributed by atoms with E-state index in [9.17, 15) is 17.4 Å². The SMILES string of the molecule is CCCCCCCCCCCCCCC(F)(CCCCCCCCCCC)S(=O)(=O)[O-].CC[N+](CC)(CC)CC. The van der Waals surface area contributed by atoms with Gasteiger partial charge in [0.05, 0.1) is 26.2 Å². The maximum Gasteiger partial charge on any atom is 0.199 e. The highest BCUT2D eigenvalue weighted by molar-refractivity contribution is 7.87. The molecular weight excluding hydrogens is 521 g/mol. The molecule has 0 aromatic carbocycles. The summed E-state index contributed by atoms with van der Waals surface area (Å²) in [4.78, 5) is 0. The summed E-state index contributed by atoms with van der Waals surface area (Å²) >= 11 is 0. The quantitative estimate of drug-likeness (QED) is 0.0515. The molecule has 0 N–H and O–H groups in total. The first-order chi connectivity index (χ1) is 19.1. The van der Waals surface area contributed by atoms with Gasteiger partial charge >= 0.3 is 0 Å². The van der Waals surface area contributed by atoms with Gasteiger partial charge in [0.2, 0.25) is 0 Å². The van der Waals surface area contributed by atoms with Gasteiger partial charge in [-0.1, -0.05) is 136 Å². The minimum atomic E-state index is -4.90. The Bertz CT molecular complexity index is 607. The standard InChI is InChI=1S/C26H53FO3S.C8H20N/c1-3-5-7-9-11-13-14-15-17-19-21-23-25-26(27,31(28,29)30)24-22-20-18-16-12-10-8-6-4-2;1-5-9(6-2,7-3)8-4/h3-25H2,1-2H3,(H,28,29,30);5-8H2,1-4H3/q;+1/p-1. The van der Waals surface area contributed by atoms with Gasteiger partial charge < -0.3 is 9.04 Å². The molecule has 4 nitrogen and oxygen atoms in total. The van der Waals surface area contributed by atoms with Crippen molar-refractivity contribution in [1.29, 1.82) is 0 Å². The minimum absolute atomic E-state index is 0.132. The van der Waals surface area contributed by atoms with E-state index in [-0.39, 0.29) is 12.8 Å². The Balaban J connectivity index is 0. The zero-order valence-electron chi connectivity index (χ0n) is 28.1. The molecule has 0 amide bonds. The topological polar surface area (TPSA) is 57.2 Å². The third-order valence-corrected chi connectivity index (χ3v) is 10.5. The van der Waals surface area contributed by atoms with E-state index in [1.807, 2.05) is 0 Å². The van der Waals surface area contributed by atoms with Crippen LogP contribution in [-0.2, 0) is 10.1 Å². The lowest BCUT2D eigenvalue weighted by molar-refractivity contribution is -0.921. The van der Waals surface area contributed by atoms with Crippen molar-refractivity contribution in [1.82, 2.24) is 0 Å². The Morgan fingerprint density at radius 1 is 0.475 bits per heavy atom. The van der Waals surface area contributed by atoms with Crippen LogP contribution in [0.5, 0.6) is 0 Å². The zero-order valence-corrected chi connectivity index (χ0v) is 28.9. The smallest absolute Gasteiger partial charge is 0.199 e. The van der Waals surface area contributed by atoms with Crippen molar-refractivity contribution in [2.45, 2.75) is 194 Å². The molecule has 0 fully saturated rings. The first-order valence-corrected chi connectivity index (χ1v) is 19.0. The number of alkyl halides is 1. The van der Waals surface area contributed by atoms with E-state index in [0.29, 0.717) is 12.8 Å². The zero-order chi connectivity index (χ0) is 30.6. The normalized spacial score (nSPS) is 13.6. The number of quaternary nitrogens is 1. The van der Waals surface area contributed by atoms with Crippen LogP contribution in [0.25, 0.3) is 0 Å². The van der Waals surface area contributed by atoms with Crippen molar-refractivity contribution in [2.75, 3.05) is 26.2 Å². The molecule has 0 bridgehead atoms. The van der Waals surface area contributed by atoms with Crippen molar-refractivity contribution in [2.24, 2.45) is 0 Å². The third kappa shape index (κ3) is 22.4. The van der Waals surface area contributed by atoms with Gasteiger partial charge in [-0.05, 0) is 53.4 Å². The molecule has 0 aliphatic carbocycles. The van der Waals surface area contributed by atoms with Crippen LogP contribution in [0.1, 0.15) is 189 Å². The lowest BCUT2D eigenvalue weighted by Crippen LogP contribution is -2.47. The van der Waals surface area contributed by atoms with Gasteiger partial charge in [0.25, 0.3) is 0 Å². The fourth-order valence-electron chi connectivity index (χ4n) is 5.65. The number of hydrogen-bond donors (Lipinski definition) is 0. The maximum atomic E-state index is 14.9. The second-order valence-corrected chi connectivity index (χ2v) is 13.8. The average molecular weight is 594 g/mol. The van der Waals surface area contributed by atoms with Gasteiger partial charge in [-0.3, -0.25) is 0 Å². The van der Waals surface area contributed by atoms with E-state index in [1.54, 1.807) is 0 Å². The Morgan fingerprint density at radius 3 is 0.875 bits per heavy atom. The predicted molar refractivity (Wildman–Crippen MR) is 173 cm³/mol. The van der Waals surface area contributed by atoms with Gasteiger partial charge in [-0.25, -0.2) is 12.8 Å². The molecule has 1 atom stereocenters. The second kappa shape index (κ2) is 27.6.